The lowest BCUT2D eigenvalue weighted by molar-refractivity contribution is 0.0937. The van der Waals surface area contributed by atoms with E-state index in [0.717, 1.165) is 19.4 Å². The van der Waals surface area contributed by atoms with Crippen molar-refractivity contribution in [3.8, 4) is 0 Å². The van der Waals surface area contributed by atoms with Gasteiger partial charge in [-0.2, -0.15) is 0 Å². The Labute approximate surface area is 125 Å². The standard InChI is InChI=1S/C14H25N5O2/c1-4-7-21-8-5-6-16-14(20)12-11(19-15)9-17-13(18-12)10(2)3/h9-10,19H,4-8,15H2,1-3H3,(H,16,20). The van der Waals surface area contributed by atoms with Gasteiger partial charge in [0, 0.05) is 25.7 Å². The summed E-state index contributed by atoms with van der Waals surface area (Å²) < 4.78 is 5.36. The first-order valence-corrected chi connectivity index (χ1v) is 7.29. The van der Waals surface area contributed by atoms with E-state index in [1.165, 1.54) is 6.20 Å². The Morgan fingerprint density at radius 2 is 2.19 bits per heavy atom. The van der Waals surface area contributed by atoms with Crippen LogP contribution in [0.5, 0.6) is 0 Å². The van der Waals surface area contributed by atoms with Crippen LogP contribution in [0.4, 0.5) is 5.69 Å². The van der Waals surface area contributed by atoms with Crippen LogP contribution in [-0.4, -0.2) is 35.6 Å². The Balaban J connectivity index is 2.57. The van der Waals surface area contributed by atoms with Crippen LogP contribution in [0.2, 0.25) is 0 Å². The zero-order valence-corrected chi connectivity index (χ0v) is 13.0. The number of rotatable bonds is 9. The van der Waals surface area contributed by atoms with Gasteiger partial charge in [0.05, 0.1) is 11.9 Å². The van der Waals surface area contributed by atoms with Crippen molar-refractivity contribution in [1.29, 1.82) is 0 Å². The molecule has 0 aliphatic rings. The molecular formula is C14H25N5O2. The molecule has 1 rings (SSSR count). The van der Waals surface area contributed by atoms with Gasteiger partial charge in [-0.1, -0.05) is 20.8 Å². The maximum Gasteiger partial charge on any atom is 0.272 e. The SMILES string of the molecule is CCCOCCCNC(=O)c1nc(C(C)C)ncc1NN. The minimum Gasteiger partial charge on any atom is -0.381 e. The molecule has 0 aliphatic carbocycles. The number of hydrazine groups is 1. The fourth-order valence-electron chi connectivity index (χ4n) is 1.66. The van der Waals surface area contributed by atoms with Gasteiger partial charge in [-0.3, -0.25) is 10.6 Å². The number of nitrogens with two attached hydrogens (primary N) is 1. The molecule has 7 heteroatoms. The third kappa shape index (κ3) is 5.65. The zero-order chi connectivity index (χ0) is 15.7. The first-order valence-electron chi connectivity index (χ1n) is 7.29. The average Bonchev–Trinajstić information content (AvgIpc) is 2.49. The van der Waals surface area contributed by atoms with E-state index >= 15 is 0 Å². The molecule has 4 N–H and O–H groups in total. The Bertz CT molecular complexity index is 451. The molecule has 0 saturated carbocycles. The maximum absolute atomic E-state index is 12.2. The minimum absolute atomic E-state index is 0.144. The molecule has 1 aromatic heterocycles. The summed E-state index contributed by atoms with van der Waals surface area (Å²) in [6, 6.07) is 0. The number of hydrogen-bond donors (Lipinski definition) is 3. The average molecular weight is 295 g/mol. The van der Waals surface area contributed by atoms with Crippen molar-refractivity contribution >= 4 is 11.6 Å². The van der Waals surface area contributed by atoms with Gasteiger partial charge in [0.1, 0.15) is 5.82 Å². The number of carbonyl (C=O) groups excluding carboxylic acids is 1. The molecule has 0 atom stereocenters. The summed E-state index contributed by atoms with van der Waals surface area (Å²) in [7, 11) is 0. The smallest absolute Gasteiger partial charge is 0.272 e. The summed E-state index contributed by atoms with van der Waals surface area (Å²) >= 11 is 0. The first-order chi connectivity index (χ1) is 10.1. The van der Waals surface area contributed by atoms with Crippen LogP contribution < -0.4 is 16.6 Å². The Morgan fingerprint density at radius 3 is 2.81 bits per heavy atom. The fourth-order valence-corrected chi connectivity index (χ4v) is 1.66. The van der Waals surface area contributed by atoms with Gasteiger partial charge in [-0.05, 0) is 12.8 Å². The number of hydrogen-bond acceptors (Lipinski definition) is 6. The van der Waals surface area contributed by atoms with Crippen molar-refractivity contribution in [3.63, 3.8) is 0 Å². The number of nitrogens with one attached hydrogen (secondary N) is 2. The van der Waals surface area contributed by atoms with E-state index in [4.69, 9.17) is 10.6 Å². The fraction of sp³-hybridized carbons (Fsp3) is 0.643. The molecule has 1 aromatic rings. The predicted molar refractivity (Wildman–Crippen MR) is 82.0 cm³/mol. The highest BCUT2D eigenvalue weighted by molar-refractivity contribution is 5.97. The lowest BCUT2D eigenvalue weighted by Gasteiger charge is -2.11. The van der Waals surface area contributed by atoms with Crippen LogP contribution in [0.15, 0.2) is 6.20 Å². The normalized spacial score (nSPS) is 10.7. The Morgan fingerprint density at radius 1 is 1.43 bits per heavy atom. The summed E-state index contributed by atoms with van der Waals surface area (Å²) in [5, 5.41) is 2.81. The van der Waals surface area contributed by atoms with E-state index in [2.05, 4.69) is 27.6 Å². The van der Waals surface area contributed by atoms with Crippen LogP contribution in [0, 0.1) is 0 Å². The molecular weight excluding hydrogens is 270 g/mol. The molecule has 0 fully saturated rings. The van der Waals surface area contributed by atoms with E-state index in [9.17, 15) is 4.79 Å². The number of amides is 1. The summed E-state index contributed by atoms with van der Waals surface area (Å²) in [5.41, 5.74) is 3.14. The van der Waals surface area contributed by atoms with Crippen LogP contribution in [0.1, 0.15) is 55.8 Å². The molecule has 1 heterocycles. The van der Waals surface area contributed by atoms with E-state index in [1.807, 2.05) is 13.8 Å². The highest BCUT2D eigenvalue weighted by Crippen LogP contribution is 2.15. The maximum atomic E-state index is 12.2. The lowest BCUT2D eigenvalue weighted by Crippen LogP contribution is -2.28. The van der Waals surface area contributed by atoms with Gasteiger partial charge in [0.15, 0.2) is 5.69 Å². The van der Waals surface area contributed by atoms with Crippen molar-refractivity contribution in [2.45, 2.75) is 39.5 Å². The zero-order valence-electron chi connectivity index (χ0n) is 13.0. The molecule has 0 spiro atoms. The highest BCUT2D eigenvalue weighted by atomic mass is 16.5. The van der Waals surface area contributed by atoms with Crippen molar-refractivity contribution in [3.05, 3.63) is 17.7 Å². The lowest BCUT2D eigenvalue weighted by atomic mass is 10.2. The van der Waals surface area contributed by atoms with Gasteiger partial charge in [0.2, 0.25) is 0 Å². The van der Waals surface area contributed by atoms with Crippen LogP contribution in [0.3, 0.4) is 0 Å². The van der Waals surface area contributed by atoms with Crippen LogP contribution in [0.25, 0.3) is 0 Å². The van der Waals surface area contributed by atoms with E-state index in [1.54, 1.807) is 0 Å². The van der Waals surface area contributed by atoms with Crippen LogP contribution >= 0.6 is 0 Å². The van der Waals surface area contributed by atoms with Gasteiger partial charge in [-0.25, -0.2) is 9.97 Å². The number of nitrogens with zero attached hydrogens (tertiary/aromatic N) is 2. The molecule has 0 aliphatic heterocycles. The number of carbonyl (C=O) groups is 1. The monoisotopic (exact) mass is 295 g/mol. The third-order valence-corrected chi connectivity index (χ3v) is 2.79. The second-order valence-electron chi connectivity index (χ2n) is 5.01. The molecule has 118 valence electrons. The predicted octanol–water partition coefficient (Wildman–Crippen LogP) is 1.43. The summed E-state index contributed by atoms with van der Waals surface area (Å²) in [4.78, 5) is 20.6. The summed E-state index contributed by atoms with van der Waals surface area (Å²) in [6.45, 7) is 7.92. The molecule has 0 unspecified atom stereocenters. The van der Waals surface area contributed by atoms with E-state index in [-0.39, 0.29) is 17.5 Å². The number of ether oxygens (including phenoxy) is 1. The molecule has 21 heavy (non-hydrogen) atoms. The third-order valence-electron chi connectivity index (χ3n) is 2.79. The molecule has 0 aromatic carbocycles. The number of aromatic nitrogens is 2. The van der Waals surface area contributed by atoms with Crippen LogP contribution in [-0.2, 0) is 4.74 Å². The number of nitrogen functional groups attached to an aromatic ring is 1. The first kappa shape index (κ1) is 17.3. The second-order valence-corrected chi connectivity index (χ2v) is 5.01. The molecule has 0 radical (unpaired) electrons. The molecule has 7 nitrogen and oxygen atoms in total. The summed E-state index contributed by atoms with van der Waals surface area (Å²) in [6.07, 6.45) is 3.29. The van der Waals surface area contributed by atoms with Gasteiger partial charge in [0.25, 0.3) is 5.91 Å². The Kier molecular flexibility index (Phi) is 7.63. The van der Waals surface area contributed by atoms with Crippen molar-refractivity contribution in [2.24, 2.45) is 5.84 Å². The van der Waals surface area contributed by atoms with Crippen molar-refractivity contribution in [2.75, 3.05) is 25.2 Å². The molecule has 1 amide bonds. The quantitative estimate of drug-likeness (QED) is 0.362. The second kappa shape index (κ2) is 9.25. The Hall–Kier alpha value is -1.73. The van der Waals surface area contributed by atoms with Crippen molar-refractivity contribution < 1.29 is 9.53 Å². The number of anilines is 1. The van der Waals surface area contributed by atoms with Gasteiger partial charge < -0.3 is 15.5 Å². The van der Waals surface area contributed by atoms with E-state index in [0.29, 0.717) is 24.7 Å². The molecule has 0 saturated heterocycles. The minimum atomic E-state index is -0.261. The topological polar surface area (TPSA) is 102 Å². The highest BCUT2D eigenvalue weighted by Gasteiger charge is 2.15. The van der Waals surface area contributed by atoms with E-state index < -0.39 is 0 Å². The van der Waals surface area contributed by atoms with Gasteiger partial charge in [-0.15, -0.1) is 0 Å². The van der Waals surface area contributed by atoms with Gasteiger partial charge >= 0.3 is 0 Å². The largest absolute Gasteiger partial charge is 0.381 e. The molecule has 0 bridgehead atoms. The summed E-state index contributed by atoms with van der Waals surface area (Å²) in [5.74, 6) is 5.89. The van der Waals surface area contributed by atoms with Crippen molar-refractivity contribution in [1.82, 2.24) is 15.3 Å².